The molecule has 1 heterocycles. The summed E-state index contributed by atoms with van der Waals surface area (Å²) in [5.74, 6) is -0.717. The normalized spacial score (nSPS) is 19.4. The molecular formula is C23H39NO5. The number of ketones is 1. The third-order valence-electron chi connectivity index (χ3n) is 5.41. The molecule has 166 valence electrons. The van der Waals surface area contributed by atoms with Crippen LogP contribution in [0.5, 0.6) is 0 Å². The zero-order valence-corrected chi connectivity index (χ0v) is 18.6. The molecule has 0 radical (unpaired) electrons. The van der Waals surface area contributed by atoms with Gasteiger partial charge < -0.3 is 14.8 Å². The first-order valence-electron chi connectivity index (χ1n) is 11.1. The molecule has 0 saturated carbocycles. The van der Waals surface area contributed by atoms with Crippen LogP contribution in [0.1, 0.15) is 91.9 Å². The summed E-state index contributed by atoms with van der Waals surface area (Å²) in [7, 11) is 0. The van der Waals surface area contributed by atoms with Gasteiger partial charge in [0.15, 0.2) is 5.78 Å². The third-order valence-corrected chi connectivity index (χ3v) is 5.41. The average molecular weight is 410 g/mol. The minimum Gasteiger partial charge on any atom is -0.465 e. The fourth-order valence-corrected chi connectivity index (χ4v) is 3.79. The number of hydrogen-bond donors (Lipinski definition) is 1. The Labute approximate surface area is 175 Å². The Kier molecular flexibility index (Phi) is 12.3. The lowest BCUT2D eigenvalue weighted by molar-refractivity contribution is -0.152. The van der Waals surface area contributed by atoms with Gasteiger partial charge >= 0.3 is 11.9 Å². The number of unbranched alkanes of at least 4 members (excludes halogenated alkanes) is 6. The summed E-state index contributed by atoms with van der Waals surface area (Å²) < 4.78 is 10.5. The summed E-state index contributed by atoms with van der Waals surface area (Å²) in [4.78, 5) is 34.8. The van der Waals surface area contributed by atoms with Crippen molar-refractivity contribution in [3.05, 3.63) is 11.8 Å². The molecule has 1 N–H and O–H groups in total. The van der Waals surface area contributed by atoms with Gasteiger partial charge in [-0.3, -0.25) is 14.4 Å². The number of carbonyl (C=O) groups is 3. The largest absolute Gasteiger partial charge is 0.465 e. The second-order valence-electron chi connectivity index (χ2n) is 8.08. The van der Waals surface area contributed by atoms with Crippen molar-refractivity contribution in [2.24, 2.45) is 5.92 Å². The highest BCUT2D eigenvalue weighted by molar-refractivity contribution is 5.90. The Bertz CT molecular complexity index is 557. The maximum Gasteiger partial charge on any atom is 0.302 e. The van der Waals surface area contributed by atoms with E-state index in [0.29, 0.717) is 6.42 Å². The van der Waals surface area contributed by atoms with Crippen LogP contribution >= 0.6 is 0 Å². The van der Waals surface area contributed by atoms with Gasteiger partial charge in [-0.1, -0.05) is 45.4 Å². The molecule has 1 rings (SSSR count). The Hall–Kier alpha value is -1.85. The van der Waals surface area contributed by atoms with Crippen molar-refractivity contribution in [3.8, 4) is 0 Å². The number of allylic oxidation sites excluding steroid dienone is 2. The molecule has 0 unspecified atom stereocenters. The zero-order valence-electron chi connectivity index (χ0n) is 18.6. The van der Waals surface area contributed by atoms with Crippen LogP contribution in [0.4, 0.5) is 0 Å². The number of esters is 2. The van der Waals surface area contributed by atoms with Gasteiger partial charge in [0.05, 0.1) is 12.5 Å². The van der Waals surface area contributed by atoms with Crippen molar-refractivity contribution < 1.29 is 23.9 Å². The van der Waals surface area contributed by atoms with E-state index in [1.54, 1.807) is 6.08 Å². The lowest BCUT2D eigenvalue weighted by Gasteiger charge is -2.28. The van der Waals surface area contributed by atoms with Crippen molar-refractivity contribution in [1.82, 2.24) is 5.32 Å². The monoisotopic (exact) mass is 409 g/mol. The van der Waals surface area contributed by atoms with Gasteiger partial charge in [0.25, 0.3) is 0 Å². The first-order chi connectivity index (χ1) is 13.8. The Balaban J connectivity index is 2.47. The first-order valence-corrected chi connectivity index (χ1v) is 11.1. The van der Waals surface area contributed by atoms with Crippen molar-refractivity contribution >= 4 is 17.7 Å². The van der Waals surface area contributed by atoms with Gasteiger partial charge in [0, 0.05) is 38.1 Å². The highest BCUT2D eigenvalue weighted by Crippen LogP contribution is 2.26. The number of ether oxygens (including phenoxy) is 2. The predicted molar refractivity (Wildman–Crippen MR) is 113 cm³/mol. The van der Waals surface area contributed by atoms with Gasteiger partial charge in [0.2, 0.25) is 0 Å². The third kappa shape index (κ3) is 11.1. The van der Waals surface area contributed by atoms with E-state index in [4.69, 9.17) is 9.47 Å². The molecule has 1 aliphatic rings. The molecule has 0 aromatic carbocycles. The van der Waals surface area contributed by atoms with E-state index >= 15 is 0 Å². The standard InChI is InChI=1S/C23H39NO5/c1-5-6-7-8-9-10-11-12-21(27)15-20-13-14-23(24-20)22(16-28-18(3)25)17(2)29-19(4)26/h15,17,22-24H,5-14,16H2,1-4H3/b20-15-/t17-,22-,23-/m1/s1. The molecule has 3 atom stereocenters. The fraction of sp³-hybridized carbons (Fsp3) is 0.783. The van der Waals surface area contributed by atoms with Crippen LogP contribution in [0.3, 0.4) is 0 Å². The molecule has 29 heavy (non-hydrogen) atoms. The summed E-state index contributed by atoms with van der Waals surface area (Å²) in [6.45, 7) is 6.94. The maximum absolute atomic E-state index is 12.3. The summed E-state index contributed by atoms with van der Waals surface area (Å²) >= 11 is 0. The van der Waals surface area contributed by atoms with Gasteiger partial charge in [-0.25, -0.2) is 0 Å². The van der Waals surface area contributed by atoms with E-state index in [1.807, 2.05) is 6.92 Å². The van der Waals surface area contributed by atoms with Crippen LogP contribution < -0.4 is 5.32 Å². The van der Waals surface area contributed by atoms with Gasteiger partial charge in [-0.05, 0) is 26.2 Å². The molecule has 1 aliphatic heterocycles. The molecule has 6 heteroatoms. The van der Waals surface area contributed by atoms with Crippen LogP contribution in [0.2, 0.25) is 0 Å². The molecule has 0 spiro atoms. The lowest BCUT2D eigenvalue weighted by atomic mass is 9.94. The van der Waals surface area contributed by atoms with E-state index in [-0.39, 0.29) is 42.4 Å². The maximum atomic E-state index is 12.3. The summed E-state index contributed by atoms with van der Waals surface area (Å²) in [6.07, 6.45) is 11.9. The van der Waals surface area contributed by atoms with E-state index in [9.17, 15) is 14.4 Å². The lowest BCUT2D eigenvalue weighted by Crippen LogP contribution is -2.41. The van der Waals surface area contributed by atoms with Crippen LogP contribution in [0, 0.1) is 5.92 Å². The first kappa shape index (κ1) is 25.2. The Morgan fingerprint density at radius 1 is 1.07 bits per heavy atom. The van der Waals surface area contributed by atoms with Crippen LogP contribution in [0.25, 0.3) is 0 Å². The summed E-state index contributed by atoms with van der Waals surface area (Å²) in [6, 6.07) is 0.00122. The Morgan fingerprint density at radius 3 is 2.34 bits per heavy atom. The molecule has 0 bridgehead atoms. The molecular weight excluding hydrogens is 370 g/mol. The Morgan fingerprint density at radius 2 is 1.72 bits per heavy atom. The summed E-state index contributed by atoms with van der Waals surface area (Å²) in [5.41, 5.74) is 0.922. The number of nitrogens with one attached hydrogen (secondary N) is 1. The van der Waals surface area contributed by atoms with E-state index in [2.05, 4.69) is 12.2 Å². The SMILES string of the molecule is CCCCCCCCCC(=O)/C=C1/CC[C@H]([C@H](COC(C)=O)[C@@H](C)OC(C)=O)N1. The van der Waals surface area contributed by atoms with Crippen LogP contribution in [0.15, 0.2) is 11.8 Å². The molecule has 6 nitrogen and oxygen atoms in total. The van der Waals surface area contributed by atoms with E-state index < -0.39 is 0 Å². The van der Waals surface area contributed by atoms with Crippen LogP contribution in [-0.4, -0.2) is 36.5 Å². The number of carbonyl (C=O) groups excluding carboxylic acids is 3. The quantitative estimate of drug-likeness (QED) is 0.259. The molecule has 0 aliphatic carbocycles. The van der Waals surface area contributed by atoms with Crippen LogP contribution in [-0.2, 0) is 23.9 Å². The zero-order chi connectivity index (χ0) is 21.6. The molecule has 0 aromatic rings. The van der Waals surface area contributed by atoms with Crippen molar-refractivity contribution in [2.75, 3.05) is 6.61 Å². The van der Waals surface area contributed by atoms with Crippen molar-refractivity contribution in [2.45, 2.75) is 104 Å². The minimum absolute atomic E-state index is 0.00122. The van der Waals surface area contributed by atoms with Gasteiger partial charge in [-0.15, -0.1) is 0 Å². The van der Waals surface area contributed by atoms with Crippen molar-refractivity contribution in [3.63, 3.8) is 0 Å². The fourth-order valence-electron chi connectivity index (χ4n) is 3.79. The smallest absolute Gasteiger partial charge is 0.302 e. The molecule has 1 saturated heterocycles. The highest BCUT2D eigenvalue weighted by atomic mass is 16.6. The second kappa shape index (κ2) is 14.2. The number of rotatable bonds is 14. The van der Waals surface area contributed by atoms with Crippen molar-refractivity contribution in [1.29, 1.82) is 0 Å². The number of hydrogen-bond acceptors (Lipinski definition) is 6. The molecule has 1 fully saturated rings. The molecule has 0 aromatic heterocycles. The van der Waals surface area contributed by atoms with E-state index in [0.717, 1.165) is 31.4 Å². The second-order valence-corrected chi connectivity index (χ2v) is 8.08. The minimum atomic E-state index is -0.382. The predicted octanol–water partition coefficient (Wildman–Crippen LogP) is 4.46. The van der Waals surface area contributed by atoms with Gasteiger partial charge in [-0.2, -0.15) is 0 Å². The van der Waals surface area contributed by atoms with E-state index in [1.165, 1.54) is 46.0 Å². The molecule has 0 amide bonds. The topological polar surface area (TPSA) is 81.7 Å². The van der Waals surface area contributed by atoms with Gasteiger partial charge in [0.1, 0.15) is 6.10 Å². The highest BCUT2D eigenvalue weighted by Gasteiger charge is 2.33. The summed E-state index contributed by atoms with van der Waals surface area (Å²) in [5, 5.41) is 3.38. The average Bonchev–Trinajstić information content (AvgIpc) is 3.08.